The second-order valence-electron chi connectivity index (χ2n) is 4.69. The smallest absolute Gasteiger partial charge is 0.330 e. The molecule has 2 nitrogen and oxygen atoms in total. The lowest BCUT2D eigenvalue weighted by Gasteiger charge is -2.05. The highest BCUT2D eigenvalue weighted by molar-refractivity contribution is 7.13. The molecule has 0 fully saturated rings. The molecule has 0 aliphatic rings. The van der Waals surface area contributed by atoms with Crippen LogP contribution < -0.4 is 0 Å². The van der Waals surface area contributed by atoms with Crippen LogP contribution in [0.3, 0.4) is 0 Å². The Balaban J connectivity index is 2.02. The fourth-order valence-electron chi connectivity index (χ4n) is 2.00. The standard InChI is InChI=1S/C17H18O2S/c1-13(11-17(18)19-2)8-9-14-5-3-6-15(12-14)16-7-4-10-20-16/h3-7,10-12H,8-9H2,1-2H3/b13-11+. The first-order chi connectivity index (χ1) is 9.69. The van der Waals surface area contributed by atoms with Crippen molar-refractivity contribution in [1.82, 2.24) is 0 Å². The summed E-state index contributed by atoms with van der Waals surface area (Å²) in [7, 11) is 1.40. The van der Waals surface area contributed by atoms with Crippen LogP contribution in [0.15, 0.2) is 53.4 Å². The van der Waals surface area contributed by atoms with Crippen LogP contribution in [0.25, 0.3) is 10.4 Å². The Bertz CT molecular complexity index is 597. The minimum absolute atomic E-state index is 0.283. The topological polar surface area (TPSA) is 26.3 Å². The van der Waals surface area contributed by atoms with Gasteiger partial charge in [0.15, 0.2) is 0 Å². The molecule has 1 heterocycles. The molecule has 0 spiro atoms. The second-order valence-corrected chi connectivity index (χ2v) is 5.64. The normalized spacial score (nSPS) is 11.4. The van der Waals surface area contributed by atoms with Gasteiger partial charge in [0.05, 0.1) is 7.11 Å². The van der Waals surface area contributed by atoms with Crippen molar-refractivity contribution in [1.29, 1.82) is 0 Å². The zero-order chi connectivity index (χ0) is 14.4. The van der Waals surface area contributed by atoms with E-state index in [0.717, 1.165) is 18.4 Å². The minimum Gasteiger partial charge on any atom is -0.466 e. The van der Waals surface area contributed by atoms with E-state index in [1.165, 1.54) is 23.1 Å². The molecule has 0 aliphatic heterocycles. The lowest BCUT2D eigenvalue weighted by atomic mass is 10.0. The average molecular weight is 286 g/mol. The van der Waals surface area contributed by atoms with Gasteiger partial charge in [0.2, 0.25) is 0 Å². The zero-order valence-electron chi connectivity index (χ0n) is 11.8. The first-order valence-corrected chi connectivity index (χ1v) is 7.45. The van der Waals surface area contributed by atoms with E-state index in [4.69, 9.17) is 0 Å². The van der Waals surface area contributed by atoms with Gasteiger partial charge in [0, 0.05) is 11.0 Å². The molecular formula is C17H18O2S. The van der Waals surface area contributed by atoms with E-state index in [9.17, 15) is 4.79 Å². The SMILES string of the molecule is COC(=O)/C=C(\C)CCc1cccc(-c2cccs2)c1. The number of aryl methyl sites for hydroxylation is 1. The summed E-state index contributed by atoms with van der Waals surface area (Å²) in [6.45, 7) is 1.96. The third kappa shape index (κ3) is 4.07. The van der Waals surface area contributed by atoms with Crippen LogP contribution in [0.4, 0.5) is 0 Å². The number of ether oxygens (including phenoxy) is 1. The number of allylic oxidation sites excluding steroid dienone is 1. The van der Waals surface area contributed by atoms with Crippen molar-refractivity contribution in [3.63, 3.8) is 0 Å². The highest BCUT2D eigenvalue weighted by atomic mass is 32.1. The van der Waals surface area contributed by atoms with Gasteiger partial charge in [0.25, 0.3) is 0 Å². The zero-order valence-corrected chi connectivity index (χ0v) is 12.6. The maximum absolute atomic E-state index is 11.1. The summed E-state index contributed by atoms with van der Waals surface area (Å²) in [5.74, 6) is -0.283. The summed E-state index contributed by atoms with van der Waals surface area (Å²) in [6, 6.07) is 12.8. The van der Waals surface area contributed by atoms with Crippen LogP contribution in [0.2, 0.25) is 0 Å². The molecule has 1 aromatic carbocycles. The average Bonchev–Trinajstić information content (AvgIpc) is 2.99. The van der Waals surface area contributed by atoms with Crippen LogP contribution in [-0.4, -0.2) is 13.1 Å². The highest BCUT2D eigenvalue weighted by Crippen LogP contribution is 2.25. The van der Waals surface area contributed by atoms with Gasteiger partial charge in [-0.05, 0) is 42.3 Å². The van der Waals surface area contributed by atoms with Crippen LogP contribution >= 0.6 is 11.3 Å². The molecule has 0 saturated carbocycles. The first-order valence-electron chi connectivity index (χ1n) is 6.57. The Morgan fingerprint density at radius 2 is 2.15 bits per heavy atom. The number of thiophene rings is 1. The summed E-state index contributed by atoms with van der Waals surface area (Å²) in [5.41, 5.74) is 3.58. The molecule has 20 heavy (non-hydrogen) atoms. The monoisotopic (exact) mass is 286 g/mol. The predicted molar refractivity (Wildman–Crippen MR) is 83.8 cm³/mol. The number of benzene rings is 1. The first kappa shape index (κ1) is 14.5. The van der Waals surface area contributed by atoms with E-state index in [-0.39, 0.29) is 5.97 Å². The fraction of sp³-hybridized carbons (Fsp3) is 0.235. The predicted octanol–water partition coefficient (Wildman–Crippen LogP) is 4.47. The van der Waals surface area contributed by atoms with Gasteiger partial charge in [0.1, 0.15) is 0 Å². The van der Waals surface area contributed by atoms with Gasteiger partial charge < -0.3 is 4.74 Å². The molecule has 0 bridgehead atoms. The van der Waals surface area contributed by atoms with Crippen molar-refractivity contribution in [2.24, 2.45) is 0 Å². The van der Waals surface area contributed by atoms with Crippen LogP contribution in [0.5, 0.6) is 0 Å². The Morgan fingerprint density at radius 1 is 1.30 bits per heavy atom. The van der Waals surface area contributed by atoms with E-state index in [1.54, 1.807) is 17.4 Å². The molecule has 0 aliphatic carbocycles. The second kappa shape index (κ2) is 7.06. The molecule has 0 radical (unpaired) electrons. The third-order valence-corrected chi connectivity index (χ3v) is 4.03. The maximum Gasteiger partial charge on any atom is 0.330 e. The van der Waals surface area contributed by atoms with Crippen molar-refractivity contribution >= 4 is 17.3 Å². The maximum atomic E-state index is 11.1. The van der Waals surface area contributed by atoms with Crippen LogP contribution in [0.1, 0.15) is 18.9 Å². The molecular weight excluding hydrogens is 268 g/mol. The van der Waals surface area contributed by atoms with Gasteiger partial charge in [-0.3, -0.25) is 0 Å². The van der Waals surface area contributed by atoms with E-state index < -0.39 is 0 Å². The van der Waals surface area contributed by atoms with Crippen LogP contribution in [-0.2, 0) is 16.0 Å². The van der Waals surface area contributed by atoms with Gasteiger partial charge >= 0.3 is 5.97 Å². The quantitative estimate of drug-likeness (QED) is 0.599. The molecule has 0 saturated heterocycles. The van der Waals surface area contributed by atoms with Crippen molar-refractivity contribution in [2.45, 2.75) is 19.8 Å². The summed E-state index contributed by atoms with van der Waals surface area (Å²) in [6.07, 6.45) is 3.35. The van der Waals surface area contributed by atoms with Crippen LogP contribution in [0, 0.1) is 0 Å². The number of rotatable bonds is 5. The number of carbonyl (C=O) groups excluding carboxylic acids is 1. The number of carbonyl (C=O) groups is 1. The Labute approximate surface area is 123 Å². The third-order valence-electron chi connectivity index (χ3n) is 3.11. The van der Waals surface area contributed by atoms with E-state index in [1.807, 2.05) is 6.92 Å². The molecule has 2 aromatic rings. The van der Waals surface area contributed by atoms with E-state index >= 15 is 0 Å². The Kier molecular flexibility index (Phi) is 5.13. The highest BCUT2D eigenvalue weighted by Gasteiger charge is 2.02. The van der Waals surface area contributed by atoms with Gasteiger partial charge in [-0.15, -0.1) is 11.3 Å². The Morgan fingerprint density at radius 3 is 2.85 bits per heavy atom. The molecule has 104 valence electrons. The molecule has 0 amide bonds. The van der Waals surface area contributed by atoms with E-state index in [2.05, 4.69) is 46.5 Å². The van der Waals surface area contributed by atoms with Crippen molar-refractivity contribution in [3.8, 4) is 10.4 Å². The van der Waals surface area contributed by atoms with Crippen molar-refractivity contribution in [2.75, 3.05) is 7.11 Å². The molecule has 0 unspecified atom stereocenters. The largest absolute Gasteiger partial charge is 0.466 e. The molecule has 0 atom stereocenters. The van der Waals surface area contributed by atoms with E-state index in [0.29, 0.717) is 0 Å². The summed E-state index contributed by atoms with van der Waals surface area (Å²) in [4.78, 5) is 12.4. The van der Waals surface area contributed by atoms with Crippen molar-refractivity contribution in [3.05, 3.63) is 59.0 Å². The summed E-state index contributed by atoms with van der Waals surface area (Å²) in [5, 5.41) is 2.09. The molecule has 0 N–H and O–H groups in total. The van der Waals surface area contributed by atoms with Crippen molar-refractivity contribution < 1.29 is 9.53 Å². The summed E-state index contributed by atoms with van der Waals surface area (Å²) >= 11 is 1.75. The number of methoxy groups -OCH3 is 1. The lowest BCUT2D eigenvalue weighted by Crippen LogP contribution is -1.97. The van der Waals surface area contributed by atoms with Gasteiger partial charge in [-0.25, -0.2) is 4.79 Å². The number of hydrogen-bond donors (Lipinski definition) is 0. The number of esters is 1. The molecule has 2 rings (SSSR count). The summed E-state index contributed by atoms with van der Waals surface area (Å²) < 4.78 is 4.63. The number of hydrogen-bond acceptors (Lipinski definition) is 3. The van der Waals surface area contributed by atoms with Gasteiger partial charge in [-0.2, -0.15) is 0 Å². The fourth-order valence-corrected chi connectivity index (χ4v) is 2.72. The molecule has 3 heteroatoms. The molecule has 1 aromatic heterocycles. The van der Waals surface area contributed by atoms with Gasteiger partial charge in [-0.1, -0.05) is 35.9 Å². The minimum atomic E-state index is -0.283. The lowest BCUT2D eigenvalue weighted by molar-refractivity contribution is -0.134. The Hall–Kier alpha value is -1.87.